The molecule has 1 saturated carbocycles. The molecule has 0 aromatic carbocycles. The minimum absolute atomic E-state index is 0.203. The van der Waals surface area contributed by atoms with E-state index in [-0.39, 0.29) is 5.41 Å². The first-order valence-electron chi connectivity index (χ1n) is 8.22. The molecule has 3 nitrogen and oxygen atoms in total. The van der Waals surface area contributed by atoms with E-state index in [0.29, 0.717) is 12.6 Å². The van der Waals surface area contributed by atoms with E-state index < -0.39 is 0 Å². The summed E-state index contributed by atoms with van der Waals surface area (Å²) >= 11 is 0. The molecule has 0 aromatic rings. The number of hydrogen-bond donors (Lipinski definition) is 1. The van der Waals surface area contributed by atoms with Gasteiger partial charge in [0, 0.05) is 31.2 Å². The van der Waals surface area contributed by atoms with Crippen LogP contribution >= 0.6 is 0 Å². The molecule has 0 bridgehead atoms. The number of nitrogens with zero attached hydrogens (tertiary/aromatic N) is 2. The molecule has 1 aliphatic heterocycles. The Hall–Kier alpha value is -0.120. The van der Waals surface area contributed by atoms with Gasteiger partial charge in [0.1, 0.15) is 0 Å². The Bertz CT molecular complexity index is 263. The first-order chi connectivity index (χ1) is 9.19. The molecule has 19 heavy (non-hydrogen) atoms. The Morgan fingerprint density at radius 3 is 2.47 bits per heavy atom. The van der Waals surface area contributed by atoms with Gasteiger partial charge in [0.2, 0.25) is 0 Å². The Morgan fingerprint density at radius 1 is 1.11 bits per heavy atom. The topological polar surface area (TPSA) is 26.7 Å². The summed E-state index contributed by atoms with van der Waals surface area (Å²) in [7, 11) is 2.24. The van der Waals surface area contributed by atoms with Crippen molar-refractivity contribution >= 4 is 0 Å². The molecule has 1 atom stereocenters. The molecule has 1 aliphatic carbocycles. The Balaban J connectivity index is 2.01. The SMILES string of the molecule is CCC1CN(C)CCCN1CC1(CO)CCCCC1. The summed E-state index contributed by atoms with van der Waals surface area (Å²) in [6.45, 7) is 7.44. The molecule has 2 fully saturated rings. The first-order valence-corrected chi connectivity index (χ1v) is 8.22. The van der Waals surface area contributed by atoms with Crippen molar-refractivity contribution in [1.82, 2.24) is 9.80 Å². The minimum atomic E-state index is 0.203. The monoisotopic (exact) mass is 268 g/mol. The minimum Gasteiger partial charge on any atom is -0.396 e. The van der Waals surface area contributed by atoms with Crippen LogP contribution in [0, 0.1) is 5.41 Å². The van der Waals surface area contributed by atoms with Gasteiger partial charge in [0.15, 0.2) is 0 Å². The van der Waals surface area contributed by atoms with Gasteiger partial charge in [-0.1, -0.05) is 26.2 Å². The highest BCUT2D eigenvalue weighted by molar-refractivity contribution is 4.89. The lowest BCUT2D eigenvalue weighted by molar-refractivity contribution is 0.0250. The highest BCUT2D eigenvalue weighted by Gasteiger charge is 2.35. The number of rotatable bonds is 4. The van der Waals surface area contributed by atoms with Gasteiger partial charge < -0.3 is 10.0 Å². The lowest BCUT2D eigenvalue weighted by Crippen LogP contribution is -2.47. The molecule has 1 heterocycles. The number of aliphatic hydroxyl groups is 1. The van der Waals surface area contributed by atoms with Gasteiger partial charge in [-0.05, 0) is 45.8 Å². The average molecular weight is 268 g/mol. The van der Waals surface area contributed by atoms with Gasteiger partial charge in [-0.25, -0.2) is 0 Å². The molecular weight excluding hydrogens is 236 g/mol. The maximum absolute atomic E-state index is 9.92. The average Bonchev–Trinajstić information content (AvgIpc) is 2.61. The van der Waals surface area contributed by atoms with Crippen LogP contribution in [-0.4, -0.2) is 60.8 Å². The van der Waals surface area contributed by atoms with Crippen molar-refractivity contribution in [2.45, 2.75) is 57.9 Å². The maximum atomic E-state index is 9.92. The third-order valence-electron chi connectivity index (χ3n) is 5.28. The largest absolute Gasteiger partial charge is 0.396 e. The lowest BCUT2D eigenvalue weighted by atomic mass is 9.74. The highest BCUT2D eigenvalue weighted by Crippen LogP contribution is 2.37. The van der Waals surface area contributed by atoms with E-state index >= 15 is 0 Å². The second kappa shape index (κ2) is 7.05. The quantitative estimate of drug-likeness (QED) is 0.848. The highest BCUT2D eigenvalue weighted by atomic mass is 16.3. The molecule has 2 aliphatic rings. The molecule has 1 unspecified atom stereocenters. The third kappa shape index (κ3) is 3.93. The van der Waals surface area contributed by atoms with E-state index in [9.17, 15) is 5.11 Å². The van der Waals surface area contributed by atoms with Crippen LogP contribution in [0.15, 0.2) is 0 Å². The van der Waals surface area contributed by atoms with Crippen LogP contribution in [0.2, 0.25) is 0 Å². The van der Waals surface area contributed by atoms with E-state index in [0.717, 1.165) is 6.54 Å². The van der Waals surface area contributed by atoms with Crippen molar-refractivity contribution in [2.24, 2.45) is 5.41 Å². The second-order valence-corrected chi connectivity index (χ2v) is 6.87. The van der Waals surface area contributed by atoms with Gasteiger partial charge >= 0.3 is 0 Å². The summed E-state index contributed by atoms with van der Waals surface area (Å²) < 4.78 is 0. The van der Waals surface area contributed by atoms with Crippen molar-refractivity contribution in [3.05, 3.63) is 0 Å². The molecule has 3 heteroatoms. The molecule has 1 saturated heterocycles. The van der Waals surface area contributed by atoms with Crippen molar-refractivity contribution < 1.29 is 5.11 Å². The van der Waals surface area contributed by atoms with Crippen LogP contribution in [-0.2, 0) is 0 Å². The maximum Gasteiger partial charge on any atom is 0.0499 e. The summed E-state index contributed by atoms with van der Waals surface area (Å²) in [5.41, 5.74) is 0.203. The van der Waals surface area contributed by atoms with Crippen molar-refractivity contribution in [3.63, 3.8) is 0 Å². The van der Waals surface area contributed by atoms with Crippen LogP contribution in [0.5, 0.6) is 0 Å². The van der Waals surface area contributed by atoms with E-state index in [1.807, 2.05) is 0 Å². The zero-order chi connectivity index (χ0) is 13.7. The number of hydrogen-bond acceptors (Lipinski definition) is 3. The predicted octanol–water partition coefficient (Wildman–Crippen LogP) is 2.35. The van der Waals surface area contributed by atoms with Crippen LogP contribution in [0.4, 0.5) is 0 Å². The van der Waals surface area contributed by atoms with Gasteiger partial charge in [0.25, 0.3) is 0 Å². The standard InChI is InChI=1S/C16H32N2O/c1-3-15-12-17(2)10-7-11-18(15)13-16(14-19)8-5-4-6-9-16/h15,19H,3-14H2,1-2H3. The molecule has 1 N–H and O–H groups in total. The predicted molar refractivity (Wildman–Crippen MR) is 80.4 cm³/mol. The molecular formula is C16H32N2O. The van der Waals surface area contributed by atoms with E-state index in [1.165, 1.54) is 64.6 Å². The van der Waals surface area contributed by atoms with Crippen molar-refractivity contribution in [3.8, 4) is 0 Å². The van der Waals surface area contributed by atoms with E-state index in [4.69, 9.17) is 0 Å². The van der Waals surface area contributed by atoms with Crippen LogP contribution in [0.3, 0.4) is 0 Å². The Kier molecular flexibility index (Phi) is 5.67. The summed E-state index contributed by atoms with van der Waals surface area (Å²) in [6.07, 6.45) is 8.94. The van der Waals surface area contributed by atoms with Crippen LogP contribution < -0.4 is 0 Å². The van der Waals surface area contributed by atoms with E-state index in [1.54, 1.807) is 0 Å². The van der Waals surface area contributed by atoms with Crippen LogP contribution in [0.1, 0.15) is 51.9 Å². The molecule has 112 valence electrons. The molecule has 0 radical (unpaired) electrons. The molecule has 2 rings (SSSR count). The summed E-state index contributed by atoms with van der Waals surface area (Å²) in [6, 6.07) is 0.679. The fraction of sp³-hybridized carbons (Fsp3) is 1.00. The zero-order valence-corrected chi connectivity index (χ0v) is 12.9. The van der Waals surface area contributed by atoms with E-state index in [2.05, 4.69) is 23.8 Å². The lowest BCUT2D eigenvalue weighted by Gasteiger charge is -2.42. The van der Waals surface area contributed by atoms with Crippen molar-refractivity contribution in [1.29, 1.82) is 0 Å². The van der Waals surface area contributed by atoms with Crippen LogP contribution in [0.25, 0.3) is 0 Å². The third-order valence-corrected chi connectivity index (χ3v) is 5.28. The normalized spacial score (nSPS) is 30.2. The van der Waals surface area contributed by atoms with Gasteiger partial charge in [0.05, 0.1) is 0 Å². The first kappa shape index (κ1) is 15.3. The molecule has 0 aromatic heterocycles. The summed E-state index contributed by atoms with van der Waals surface area (Å²) in [4.78, 5) is 5.16. The summed E-state index contributed by atoms with van der Waals surface area (Å²) in [5, 5.41) is 9.92. The zero-order valence-electron chi connectivity index (χ0n) is 12.9. The Morgan fingerprint density at radius 2 is 1.84 bits per heavy atom. The summed E-state index contributed by atoms with van der Waals surface area (Å²) in [5.74, 6) is 0. The fourth-order valence-electron chi connectivity index (χ4n) is 3.99. The van der Waals surface area contributed by atoms with Crippen molar-refractivity contribution in [2.75, 3.05) is 39.8 Å². The molecule has 0 spiro atoms. The van der Waals surface area contributed by atoms with Gasteiger partial charge in [-0.15, -0.1) is 0 Å². The van der Waals surface area contributed by atoms with Gasteiger partial charge in [-0.2, -0.15) is 0 Å². The second-order valence-electron chi connectivity index (χ2n) is 6.87. The number of likely N-dealkylation sites (N-methyl/N-ethyl adjacent to an activating group) is 1. The smallest absolute Gasteiger partial charge is 0.0499 e. The number of aliphatic hydroxyl groups excluding tert-OH is 1. The fourth-order valence-corrected chi connectivity index (χ4v) is 3.99. The Labute approximate surface area is 119 Å². The van der Waals surface area contributed by atoms with Gasteiger partial charge in [-0.3, -0.25) is 4.90 Å². The molecule has 0 amide bonds.